The molecular formula is C12H12ClF2NO2. The number of rotatable bonds is 4. The molecule has 1 amide bonds. The maximum atomic E-state index is 12.1. The zero-order valence-corrected chi connectivity index (χ0v) is 10.2. The number of carbonyl (C=O) groups is 1. The van der Waals surface area contributed by atoms with Crippen LogP contribution in [0.4, 0.5) is 8.78 Å². The van der Waals surface area contributed by atoms with Crippen LogP contribution in [0.2, 0.25) is 0 Å². The summed E-state index contributed by atoms with van der Waals surface area (Å²) in [6.45, 7) is -2.85. The molecule has 0 saturated carbocycles. The van der Waals surface area contributed by atoms with E-state index in [4.69, 9.17) is 11.6 Å². The van der Waals surface area contributed by atoms with Crippen molar-refractivity contribution < 1.29 is 18.3 Å². The first-order valence-electron chi connectivity index (χ1n) is 5.53. The average molecular weight is 276 g/mol. The smallest absolute Gasteiger partial charge is 0.387 e. The molecule has 1 aliphatic carbocycles. The second-order valence-corrected chi connectivity index (χ2v) is 4.30. The Labute approximate surface area is 108 Å². The van der Waals surface area contributed by atoms with E-state index in [2.05, 4.69) is 10.1 Å². The summed E-state index contributed by atoms with van der Waals surface area (Å²) in [5, 5.41) is 2.75. The third-order valence-corrected chi connectivity index (χ3v) is 3.12. The van der Waals surface area contributed by atoms with E-state index in [9.17, 15) is 13.6 Å². The normalized spacial score (nSPS) is 17.7. The molecule has 0 bridgehead atoms. The maximum Gasteiger partial charge on any atom is 0.387 e. The number of fused-ring (bicyclic) bond motifs is 1. The van der Waals surface area contributed by atoms with Gasteiger partial charge in [0.1, 0.15) is 11.6 Å². The quantitative estimate of drug-likeness (QED) is 0.858. The summed E-state index contributed by atoms with van der Waals surface area (Å²) in [4.78, 5) is 11.2. The van der Waals surface area contributed by atoms with Gasteiger partial charge in [-0.2, -0.15) is 8.78 Å². The fraction of sp³-hybridized carbons (Fsp3) is 0.417. The number of hydrogen-bond acceptors (Lipinski definition) is 2. The number of ether oxygens (including phenoxy) is 1. The summed E-state index contributed by atoms with van der Waals surface area (Å²) in [5.74, 6) is -0.274. The first kappa shape index (κ1) is 13.1. The van der Waals surface area contributed by atoms with Gasteiger partial charge in [0.25, 0.3) is 0 Å². The van der Waals surface area contributed by atoms with Gasteiger partial charge < -0.3 is 10.1 Å². The van der Waals surface area contributed by atoms with E-state index >= 15 is 0 Å². The van der Waals surface area contributed by atoms with Gasteiger partial charge in [0.05, 0.1) is 6.04 Å². The van der Waals surface area contributed by atoms with Gasteiger partial charge in [-0.3, -0.25) is 4.79 Å². The van der Waals surface area contributed by atoms with Crippen LogP contribution in [0, 0.1) is 0 Å². The predicted molar refractivity (Wildman–Crippen MR) is 63.0 cm³/mol. The molecule has 0 fully saturated rings. The van der Waals surface area contributed by atoms with Crippen LogP contribution in [-0.2, 0) is 11.2 Å². The van der Waals surface area contributed by atoms with Crippen molar-refractivity contribution in [2.75, 3.05) is 5.88 Å². The van der Waals surface area contributed by atoms with Gasteiger partial charge in [-0.15, -0.1) is 11.6 Å². The highest BCUT2D eigenvalue weighted by Gasteiger charge is 2.24. The van der Waals surface area contributed by atoms with Gasteiger partial charge >= 0.3 is 6.61 Å². The fourth-order valence-corrected chi connectivity index (χ4v) is 2.22. The number of alkyl halides is 3. The second-order valence-electron chi connectivity index (χ2n) is 4.03. The lowest BCUT2D eigenvalue weighted by atomic mass is 10.1. The van der Waals surface area contributed by atoms with Gasteiger partial charge in [-0.05, 0) is 36.1 Å². The highest BCUT2D eigenvalue weighted by atomic mass is 35.5. The molecule has 0 unspecified atom stereocenters. The molecule has 0 aromatic heterocycles. The highest BCUT2D eigenvalue weighted by Crippen LogP contribution is 2.34. The first-order valence-corrected chi connectivity index (χ1v) is 6.06. The minimum Gasteiger partial charge on any atom is -0.435 e. The number of halogens is 3. The van der Waals surface area contributed by atoms with Crippen LogP contribution < -0.4 is 10.1 Å². The summed E-state index contributed by atoms with van der Waals surface area (Å²) in [7, 11) is 0. The zero-order chi connectivity index (χ0) is 13.1. The lowest BCUT2D eigenvalue weighted by Crippen LogP contribution is -2.27. The topological polar surface area (TPSA) is 38.3 Å². The molecule has 6 heteroatoms. The molecule has 3 nitrogen and oxygen atoms in total. The molecule has 98 valence electrons. The molecule has 1 atom stereocenters. The number of hydrogen-bond donors (Lipinski definition) is 1. The van der Waals surface area contributed by atoms with Crippen molar-refractivity contribution >= 4 is 17.5 Å². The predicted octanol–water partition coefficient (Wildman–Crippen LogP) is 2.63. The molecule has 0 heterocycles. The van der Waals surface area contributed by atoms with Gasteiger partial charge in [0, 0.05) is 0 Å². The standard InChI is InChI=1S/C12H12ClF2NO2/c13-6-11(17)16-10-4-2-7-1-3-8(5-9(7)10)18-12(14)15/h1,3,5,10,12H,2,4,6H2,(H,16,17)/t10-/m0/s1. The Bertz CT molecular complexity index is 454. The van der Waals surface area contributed by atoms with Crippen molar-refractivity contribution in [2.45, 2.75) is 25.5 Å². The lowest BCUT2D eigenvalue weighted by Gasteiger charge is -2.14. The first-order chi connectivity index (χ1) is 8.60. The molecule has 0 saturated heterocycles. The molecule has 0 radical (unpaired) electrons. The SMILES string of the molecule is O=C(CCl)N[C@H]1CCc2ccc(OC(F)F)cc21. The van der Waals surface area contributed by atoms with Crippen molar-refractivity contribution in [1.29, 1.82) is 0 Å². The molecule has 1 N–H and O–H groups in total. The number of aryl methyl sites for hydroxylation is 1. The Kier molecular flexibility index (Phi) is 4.01. The highest BCUT2D eigenvalue weighted by molar-refractivity contribution is 6.27. The van der Waals surface area contributed by atoms with E-state index in [1.54, 1.807) is 12.1 Å². The van der Waals surface area contributed by atoms with Crippen LogP contribution >= 0.6 is 11.6 Å². The van der Waals surface area contributed by atoms with E-state index in [1.165, 1.54) is 6.07 Å². The van der Waals surface area contributed by atoms with Crippen LogP contribution in [0.1, 0.15) is 23.6 Å². The van der Waals surface area contributed by atoms with Crippen LogP contribution in [0.3, 0.4) is 0 Å². The van der Waals surface area contributed by atoms with Gasteiger partial charge in [-0.1, -0.05) is 6.07 Å². The van der Waals surface area contributed by atoms with E-state index in [1.807, 2.05) is 0 Å². The van der Waals surface area contributed by atoms with Crippen molar-refractivity contribution in [1.82, 2.24) is 5.32 Å². The van der Waals surface area contributed by atoms with E-state index in [0.29, 0.717) is 0 Å². The number of benzene rings is 1. The molecule has 0 aliphatic heterocycles. The van der Waals surface area contributed by atoms with E-state index < -0.39 is 6.61 Å². The van der Waals surface area contributed by atoms with Crippen LogP contribution in [0.15, 0.2) is 18.2 Å². The van der Waals surface area contributed by atoms with Crippen molar-refractivity contribution in [3.63, 3.8) is 0 Å². The Morgan fingerprint density at radius 2 is 2.33 bits per heavy atom. The van der Waals surface area contributed by atoms with E-state index in [0.717, 1.165) is 24.0 Å². The average Bonchev–Trinajstić information content (AvgIpc) is 2.71. The van der Waals surface area contributed by atoms with E-state index in [-0.39, 0.29) is 23.6 Å². The minimum absolute atomic E-state index is 0.107. The molecule has 1 aromatic rings. The second kappa shape index (κ2) is 5.52. The summed E-state index contributed by atoms with van der Waals surface area (Å²) in [5.41, 5.74) is 1.86. The van der Waals surface area contributed by atoms with Crippen molar-refractivity contribution in [2.24, 2.45) is 0 Å². The Balaban J connectivity index is 2.16. The van der Waals surface area contributed by atoms with Crippen molar-refractivity contribution in [3.05, 3.63) is 29.3 Å². The Morgan fingerprint density at radius 3 is 3.00 bits per heavy atom. The molecule has 18 heavy (non-hydrogen) atoms. The Morgan fingerprint density at radius 1 is 1.56 bits per heavy atom. The molecule has 1 aliphatic rings. The Hall–Kier alpha value is -1.36. The van der Waals surface area contributed by atoms with Crippen LogP contribution in [0.25, 0.3) is 0 Å². The van der Waals surface area contributed by atoms with Gasteiger partial charge in [0.2, 0.25) is 5.91 Å². The van der Waals surface area contributed by atoms with Crippen LogP contribution in [-0.4, -0.2) is 18.4 Å². The van der Waals surface area contributed by atoms with Crippen molar-refractivity contribution in [3.8, 4) is 5.75 Å². The summed E-state index contributed by atoms with van der Waals surface area (Å²) >= 11 is 5.42. The molecule has 1 aromatic carbocycles. The molecule has 2 rings (SSSR count). The number of carbonyl (C=O) groups excluding carboxylic acids is 1. The number of amides is 1. The summed E-state index contributed by atoms with van der Waals surface area (Å²) in [6, 6.07) is 4.64. The largest absolute Gasteiger partial charge is 0.435 e. The summed E-state index contributed by atoms with van der Waals surface area (Å²) in [6.07, 6.45) is 1.55. The number of nitrogens with one attached hydrogen (secondary N) is 1. The third-order valence-electron chi connectivity index (χ3n) is 2.88. The molecular weight excluding hydrogens is 264 g/mol. The maximum absolute atomic E-state index is 12.1. The zero-order valence-electron chi connectivity index (χ0n) is 9.46. The fourth-order valence-electron chi connectivity index (χ4n) is 2.14. The monoisotopic (exact) mass is 275 g/mol. The van der Waals surface area contributed by atoms with Gasteiger partial charge in [-0.25, -0.2) is 0 Å². The summed E-state index contributed by atoms with van der Waals surface area (Å²) < 4.78 is 28.6. The third kappa shape index (κ3) is 2.90. The minimum atomic E-state index is -2.85. The van der Waals surface area contributed by atoms with Gasteiger partial charge in [0.15, 0.2) is 0 Å². The molecule has 0 spiro atoms. The lowest BCUT2D eigenvalue weighted by molar-refractivity contribution is -0.119. The van der Waals surface area contributed by atoms with Crippen LogP contribution in [0.5, 0.6) is 5.75 Å².